The molecule has 2 unspecified atom stereocenters. The average Bonchev–Trinajstić information content (AvgIpc) is 2.88. The fourth-order valence-corrected chi connectivity index (χ4v) is 2.70. The molecule has 4 nitrogen and oxygen atoms in total. The average molecular weight is 236 g/mol. The van der Waals surface area contributed by atoms with E-state index in [4.69, 9.17) is 0 Å². The number of hydrogen-bond donors (Lipinski definition) is 1. The molecule has 0 spiro atoms. The molecule has 2 atom stereocenters. The Kier molecular flexibility index (Phi) is 4.18. The molecule has 2 rings (SSSR count). The largest absolute Gasteiger partial charge is 0.337 e. The van der Waals surface area contributed by atoms with Gasteiger partial charge in [-0.2, -0.15) is 0 Å². The van der Waals surface area contributed by atoms with Gasteiger partial charge in [-0.3, -0.25) is 0 Å². The number of nitrogens with one attached hydrogen (secondary N) is 1. The number of hydrogen-bond acceptors (Lipinski definition) is 3. The standard InChI is InChI=1S/C13H24N4/c1-11(10-17-7-4-5-8-17)15-12(2)13-14-6-9-16(13)3/h6,9,11-12,15H,4-5,7-8,10H2,1-3H3. The molecule has 0 radical (unpaired) electrons. The van der Waals surface area contributed by atoms with Crippen LogP contribution >= 0.6 is 0 Å². The summed E-state index contributed by atoms with van der Waals surface area (Å²) < 4.78 is 2.08. The molecular weight excluding hydrogens is 212 g/mol. The van der Waals surface area contributed by atoms with Crippen molar-refractivity contribution in [2.45, 2.75) is 38.8 Å². The fraction of sp³-hybridized carbons (Fsp3) is 0.769. The smallest absolute Gasteiger partial charge is 0.125 e. The van der Waals surface area contributed by atoms with E-state index in [9.17, 15) is 0 Å². The Morgan fingerprint density at radius 2 is 2.06 bits per heavy atom. The third-order valence-electron chi connectivity index (χ3n) is 3.51. The van der Waals surface area contributed by atoms with E-state index in [1.165, 1.54) is 25.9 Å². The molecule has 0 amide bonds. The highest BCUT2D eigenvalue weighted by atomic mass is 15.2. The summed E-state index contributed by atoms with van der Waals surface area (Å²) >= 11 is 0. The van der Waals surface area contributed by atoms with Crippen LogP contribution in [0.4, 0.5) is 0 Å². The number of likely N-dealkylation sites (tertiary alicyclic amines) is 1. The van der Waals surface area contributed by atoms with Crippen LogP contribution < -0.4 is 5.32 Å². The van der Waals surface area contributed by atoms with Gasteiger partial charge in [0.05, 0.1) is 6.04 Å². The molecule has 1 N–H and O–H groups in total. The van der Waals surface area contributed by atoms with Gasteiger partial charge >= 0.3 is 0 Å². The molecule has 4 heteroatoms. The summed E-state index contributed by atoms with van der Waals surface area (Å²) in [4.78, 5) is 6.93. The number of imidazole rings is 1. The minimum atomic E-state index is 0.313. The molecule has 0 aliphatic carbocycles. The summed E-state index contributed by atoms with van der Waals surface area (Å²) in [6.07, 6.45) is 6.58. The highest BCUT2D eigenvalue weighted by Gasteiger charge is 2.17. The van der Waals surface area contributed by atoms with E-state index >= 15 is 0 Å². The van der Waals surface area contributed by atoms with Crippen LogP contribution in [0.2, 0.25) is 0 Å². The van der Waals surface area contributed by atoms with Gasteiger partial charge in [0.15, 0.2) is 0 Å². The van der Waals surface area contributed by atoms with Crippen molar-refractivity contribution in [3.8, 4) is 0 Å². The molecule has 1 aliphatic rings. The maximum atomic E-state index is 4.39. The van der Waals surface area contributed by atoms with Crippen molar-refractivity contribution in [3.05, 3.63) is 18.2 Å². The van der Waals surface area contributed by atoms with Crippen molar-refractivity contribution in [1.82, 2.24) is 19.8 Å². The molecule has 0 bridgehead atoms. The SMILES string of the molecule is CC(CN1CCCC1)NC(C)c1nccn1C. The van der Waals surface area contributed by atoms with Crippen LogP contribution in [0, 0.1) is 0 Å². The van der Waals surface area contributed by atoms with E-state index < -0.39 is 0 Å². The van der Waals surface area contributed by atoms with Crippen molar-refractivity contribution in [3.63, 3.8) is 0 Å². The van der Waals surface area contributed by atoms with Crippen molar-refractivity contribution in [2.24, 2.45) is 7.05 Å². The van der Waals surface area contributed by atoms with E-state index in [0.717, 1.165) is 12.4 Å². The first kappa shape index (κ1) is 12.6. The summed E-state index contributed by atoms with van der Waals surface area (Å²) in [6.45, 7) is 8.13. The van der Waals surface area contributed by atoms with Gasteiger partial charge in [-0.05, 0) is 39.8 Å². The van der Waals surface area contributed by atoms with Crippen LogP contribution in [-0.2, 0) is 7.05 Å². The maximum Gasteiger partial charge on any atom is 0.125 e. The second-order valence-electron chi connectivity index (χ2n) is 5.19. The van der Waals surface area contributed by atoms with Gasteiger partial charge in [0, 0.05) is 32.0 Å². The second kappa shape index (κ2) is 5.65. The third-order valence-corrected chi connectivity index (χ3v) is 3.51. The molecule has 2 heterocycles. The fourth-order valence-electron chi connectivity index (χ4n) is 2.70. The van der Waals surface area contributed by atoms with E-state index in [0.29, 0.717) is 12.1 Å². The molecule has 0 aromatic carbocycles. The van der Waals surface area contributed by atoms with Crippen molar-refractivity contribution >= 4 is 0 Å². The summed E-state index contributed by atoms with van der Waals surface area (Å²) in [6, 6.07) is 0.826. The topological polar surface area (TPSA) is 33.1 Å². The van der Waals surface area contributed by atoms with E-state index in [-0.39, 0.29) is 0 Å². The molecule has 1 aliphatic heterocycles. The molecule has 96 valence electrons. The summed E-state index contributed by atoms with van der Waals surface area (Å²) in [5, 5.41) is 3.62. The first-order valence-electron chi connectivity index (χ1n) is 6.62. The number of aryl methyl sites for hydroxylation is 1. The predicted molar refractivity (Wildman–Crippen MR) is 69.9 cm³/mol. The highest BCUT2D eigenvalue weighted by molar-refractivity contribution is 4.97. The molecular formula is C13H24N4. The van der Waals surface area contributed by atoms with Gasteiger partial charge in [-0.15, -0.1) is 0 Å². The van der Waals surface area contributed by atoms with Gasteiger partial charge in [-0.25, -0.2) is 4.98 Å². The van der Waals surface area contributed by atoms with Crippen LogP contribution in [0.3, 0.4) is 0 Å². The first-order valence-corrected chi connectivity index (χ1v) is 6.62. The monoisotopic (exact) mass is 236 g/mol. The predicted octanol–water partition coefficient (Wildman–Crippen LogP) is 1.55. The van der Waals surface area contributed by atoms with Crippen molar-refractivity contribution < 1.29 is 0 Å². The van der Waals surface area contributed by atoms with E-state index in [1.54, 1.807) is 0 Å². The Labute approximate surface area is 104 Å². The lowest BCUT2D eigenvalue weighted by atomic mass is 10.2. The number of nitrogens with zero attached hydrogens (tertiary/aromatic N) is 3. The Hall–Kier alpha value is -0.870. The Balaban J connectivity index is 1.81. The lowest BCUT2D eigenvalue weighted by Crippen LogP contribution is -2.39. The molecule has 1 saturated heterocycles. The number of rotatable bonds is 5. The van der Waals surface area contributed by atoms with Crippen LogP contribution in [0.25, 0.3) is 0 Å². The van der Waals surface area contributed by atoms with Crippen LogP contribution in [0.5, 0.6) is 0 Å². The minimum Gasteiger partial charge on any atom is -0.337 e. The minimum absolute atomic E-state index is 0.313. The van der Waals surface area contributed by atoms with E-state index in [1.807, 2.05) is 19.4 Å². The van der Waals surface area contributed by atoms with Gasteiger partial charge < -0.3 is 14.8 Å². The van der Waals surface area contributed by atoms with Gasteiger partial charge in [-0.1, -0.05) is 0 Å². The van der Waals surface area contributed by atoms with Gasteiger partial charge in [0.1, 0.15) is 5.82 Å². The molecule has 17 heavy (non-hydrogen) atoms. The first-order chi connectivity index (χ1) is 8.16. The van der Waals surface area contributed by atoms with Crippen LogP contribution in [-0.4, -0.2) is 40.1 Å². The zero-order valence-electron chi connectivity index (χ0n) is 11.2. The summed E-state index contributed by atoms with van der Waals surface area (Å²) in [5.41, 5.74) is 0. The zero-order chi connectivity index (χ0) is 12.3. The number of aromatic nitrogens is 2. The molecule has 0 saturated carbocycles. The van der Waals surface area contributed by atoms with Gasteiger partial charge in [0.25, 0.3) is 0 Å². The van der Waals surface area contributed by atoms with Crippen LogP contribution in [0.1, 0.15) is 38.6 Å². The zero-order valence-corrected chi connectivity index (χ0v) is 11.2. The maximum absolute atomic E-state index is 4.39. The third kappa shape index (κ3) is 3.30. The summed E-state index contributed by atoms with van der Waals surface area (Å²) in [7, 11) is 2.05. The quantitative estimate of drug-likeness (QED) is 0.842. The summed E-state index contributed by atoms with van der Waals surface area (Å²) in [5.74, 6) is 1.11. The lowest BCUT2D eigenvalue weighted by Gasteiger charge is -2.24. The molecule has 1 aromatic rings. The Bertz CT molecular complexity index is 341. The highest BCUT2D eigenvalue weighted by Crippen LogP contribution is 2.12. The van der Waals surface area contributed by atoms with Crippen molar-refractivity contribution in [2.75, 3.05) is 19.6 Å². The molecule has 1 aromatic heterocycles. The lowest BCUT2D eigenvalue weighted by molar-refractivity contribution is 0.286. The second-order valence-corrected chi connectivity index (χ2v) is 5.19. The van der Waals surface area contributed by atoms with E-state index in [2.05, 4.69) is 33.6 Å². The molecule has 1 fully saturated rings. The van der Waals surface area contributed by atoms with Crippen molar-refractivity contribution in [1.29, 1.82) is 0 Å². The Morgan fingerprint density at radius 1 is 1.35 bits per heavy atom. The van der Waals surface area contributed by atoms with Gasteiger partial charge in [0.2, 0.25) is 0 Å². The Morgan fingerprint density at radius 3 is 2.65 bits per heavy atom. The van der Waals surface area contributed by atoms with Crippen LogP contribution in [0.15, 0.2) is 12.4 Å². The normalized spacial score (nSPS) is 20.6.